The van der Waals surface area contributed by atoms with Crippen LogP contribution >= 0.6 is 0 Å². The van der Waals surface area contributed by atoms with Gasteiger partial charge in [0, 0.05) is 26.6 Å². The van der Waals surface area contributed by atoms with E-state index in [1.54, 1.807) is 7.11 Å². The Morgan fingerprint density at radius 2 is 2.27 bits per heavy atom. The van der Waals surface area contributed by atoms with Crippen LogP contribution in [0.2, 0.25) is 0 Å². The zero-order chi connectivity index (χ0) is 10.8. The lowest BCUT2D eigenvalue weighted by molar-refractivity contribution is 0.0721. The number of aromatic nitrogens is 2. The highest BCUT2D eigenvalue weighted by Crippen LogP contribution is 1.87. The van der Waals surface area contributed by atoms with Crippen molar-refractivity contribution in [3.8, 4) is 0 Å². The number of hydrogen-bond donors (Lipinski definition) is 1. The van der Waals surface area contributed by atoms with Gasteiger partial charge < -0.3 is 19.3 Å². The van der Waals surface area contributed by atoms with E-state index in [9.17, 15) is 0 Å². The van der Waals surface area contributed by atoms with E-state index in [1.807, 2.05) is 0 Å². The molecule has 0 aliphatic heterocycles. The number of methoxy groups -OCH3 is 1. The minimum atomic E-state index is 0.642. The zero-order valence-electron chi connectivity index (χ0n) is 8.94. The summed E-state index contributed by atoms with van der Waals surface area (Å²) in [4.78, 5) is 3.91. The maximum atomic E-state index is 5.27. The molecule has 0 radical (unpaired) electrons. The van der Waals surface area contributed by atoms with Gasteiger partial charge in [-0.05, 0) is 0 Å². The van der Waals surface area contributed by atoms with Gasteiger partial charge in [0.1, 0.15) is 0 Å². The predicted molar refractivity (Wildman–Crippen MR) is 53.6 cm³/mol. The first-order valence-corrected chi connectivity index (χ1v) is 4.96. The third-order valence-electron chi connectivity index (χ3n) is 1.79. The molecule has 1 rings (SSSR count). The number of nitrogens with zero attached hydrogens (tertiary/aromatic N) is 2. The minimum Gasteiger partial charge on any atom is -0.382 e. The van der Waals surface area contributed by atoms with Crippen LogP contribution in [0.3, 0.4) is 0 Å². The Kier molecular flexibility index (Phi) is 6.72. The van der Waals surface area contributed by atoms with Crippen LogP contribution in [0.25, 0.3) is 0 Å². The highest BCUT2D eigenvalue weighted by molar-refractivity contribution is 4.78. The molecule has 0 saturated carbocycles. The summed E-state index contributed by atoms with van der Waals surface area (Å²) >= 11 is 0. The highest BCUT2D eigenvalue weighted by Gasteiger charge is 1.96. The first kappa shape index (κ1) is 12.1. The van der Waals surface area contributed by atoms with Crippen molar-refractivity contribution in [3.05, 3.63) is 12.2 Å². The summed E-state index contributed by atoms with van der Waals surface area (Å²) < 4.78 is 14.7. The second-order valence-corrected chi connectivity index (χ2v) is 2.95. The van der Waals surface area contributed by atoms with Gasteiger partial charge in [-0.3, -0.25) is 0 Å². The van der Waals surface area contributed by atoms with Crippen LogP contribution in [0.15, 0.2) is 10.9 Å². The van der Waals surface area contributed by atoms with Crippen LogP contribution in [0, 0.1) is 0 Å². The molecule has 86 valence electrons. The molecule has 15 heavy (non-hydrogen) atoms. The molecule has 0 aliphatic carbocycles. The van der Waals surface area contributed by atoms with E-state index in [2.05, 4.69) is 20.0 Å². The van der Waals surface area contributed by atoms with Crippen molar-refractivity contribution in [1.82, 2.24) is 15.5 Å². The third-order valence-corrected chi connectivity index (χ3v) is 1.79. The molecule has 0 spiro atoms. The average molecular weight is 215 g/mol. The molecule has 0 aromatic carbocycles. The van der Waals surface area contributed by atoms with Gasteiger partial charge in [0.2, 0.25) is 6.39 Å². The van der Waals surface area contributed by atoms with E-state index in [1.165, 1.54) is 6.39 Å². The Morgan fingerprint density at radius 1 is 1.33 bits per heavy atom. The standard InChI is InChI=1S/C9H17N3O3/c1-13-6-7-14-5-4-10-3-2-9-11-8-15-12-9/h8,10H,2-7H2,1H3. The molecule has 0 fully saturated rings. The second kappa shape index (κ2) is 8.34. The monoisotopic (exact) mass is 215 g/mol. The number of rotatable bonds is 9. The number of ether oxygens (including phenoxy) is 2. The maximum absolute atomic E-state index is 5.27. The van der Waals surface area contributed by atoms with Crippen LogP contribution in [-0.4, -0.2) is 50.2 Å². The molecular formula is C9H17N3O3. The predicted octanol–water partition coefficient (Wildman–Crippen LogP) is -0.135. The third kappa shape index (κ3) is 6.16. The topological polar surface area (TPSA) is 69.4 Å². The van der Waals surface area contributed by atoms with Crippen molar-refractivity contribution in [2.24, 2.45) is 0 Å². The van der Waals surface area contributed by atoms with Crippen molar-refractivity contribution in [2.45, 2.75) is 6.42 Å². The van der Waals surface area contributed by atoms with E-state index >= 15 is 0 Å². The quantitative estimate of drug-likeness (QED) is 0.578. The van der Waals surface area contributed by atoms with Crippen molar-refractivity contribution < 1.29 is 14.0 Å². The molecule has 0 atom stereocenters. The minimum absolute atomic E-state index is 0.642. The van der Waals surface area contributed by atoms with Crippen molar-refractivity contribution >= 4 is 0 Å². The highest BCUT2D eigenvalue weighted by atomic mass is 16.5. The van der Waals surface area contributed by atoms with Gasteiger partial charge in [-0.15, -0.1) is 0 Å². The fourth-order valence-electron chi connectivity index (χ4n) is 1.02. The first-order valence-electron chi connectivity index (χ1n) is 4.96. The van der Waals surface area contributed by atoms with Crippen molar-refractivity contribution in [2.75, 3.05) is 40.0 Å². The SMILES string of the molecule is COCCOCCNCCc1ncon1. The van der Waals surface area contributed by atoms with E-state index in [0.717, 1.165) is 25.3 Å². The van der Waals surface area contributed by atoms with Gasteiger partial charge in [-0.2, -0.15) is 4.98 Å². The van der Waals surface area contributed by atoms with Gasteiger partial charge in [0.15, 0.2) is 5.82 Å². The van der Waals surface area contributed by atoms with Gasteiger partial charge in [-0.1, -0.05) is 5.16 Å². The van der Waals surface area contributed by atoms with Crippen molar-refractivity contribution in [3.63, 3.8) is 0 Å². The summed E-state index contributed by atoms with van der Waals surface area (Å²) in [6.45, 7) is 3.62. The lowest BCUT2D eigenvalue weighted by atomic mass is 10.4. The summed E-state index contributed by atoms with van der Waals surface area (Å²) in [5.74, 6) is 0.725. The summed E-state index contributed by atoms with van der Waals surface area (Å²) in [7, 11) is 1.66. The summed E-state index contributed by atoms with van der Waals surface area (Å²) in [6, 6.07) is 0. The van der Waals surface area contributed by atoms with Crippen LogP contribution in [0.5, 0.6) is 0 Å². The summed E-state index contributed by atoms with van der Waals surface area (Å²) in [6.07, 6.45) is 2.11. The van der Waals surface area contributed by atoms with Crippen LogP contribution in [0.1, 0.15) is 5.82 Å². The molecule has 1 aromatic heterocycles. The van der Waals surface area contributed by atoms with E-state index in [-0.39, 0.29) is 0 Å². The summed E-state index contributed by atoms with van der Waals surface area (Å²) in [5, 5.41) is 6.91. The molecule has 6 nitrogen and oxygen atoms in total. The van der Waals surface area contributed by atoms with Crippen LogP contribution in [-0.2, 0) is 15.9 Å². The van der Waals surface area contributed by atoms with Gasteiger partial charge in [0.25, 0.3) is 0 Å². The molecule has 0 amide bonds. The molecule has 0 aliphatic rings. The van der Waals surface area contributed by atoms with Crippen LogP contribution in [0.4, 0.5) is 0 Å². The molecule has 0 bridgehead atoms. The average Bonchev–Trinajstić information content (AvgIpc) is 2.75. The Balaban J connectivity index is 1.81. The van der Waals surface area contributed by atoms with Gasteiger partial charge >= 0.3 is 0 Å². The Bertz CT molecular complexity index is 229. The lowest BCUT2D eigenvalue weighted by Crippen LogP contribution is -2.23. The van der Waals surface area contributed by atoms with Crippen molar-refractivity contribution in [1.29, 1.82) is 0 Å². The Labute approximate surface area is 88.9 Å². The maximum Gasteiger partial charge on any atom is 0.213 e. The van der Waals surface area contributed by atoms with Gasteiger partial charge in [0.05, 0.1) is 19.8 Å². The first-order chi connectivity index (χ1) is 7.43. The zero-order valence-corrected chi connectivity index (χ0v) is 8.94. The van der Waals surface area contributed by atoms with Gasteiger partial charge in [-0.25, -0.2) is 0 Å². The number of nitrogens with one attached hydrogen (secondary N) is 1. The normalized spacial score (nSPS) is 10.7. The molecule has 0 saturated heterocycles. The van der Waals surface area contributed by atoms with E-state index < -0.39 is 0 Å². The van der Waals surface area contributed by atoms with Crippen LogP contribution < -0.4 is 5.32 Å². The largest absolute Gasteiger partial charge is 0.382 e. The lowest BCUT2D eigenvalue weighted by Gasteiger charge is -2.04. The van der Waals surface area contributed by atoms with E-state index in [0.29, 0.717) is 19.8 Å². The fraction of sp³-hybridized carbons (Fsp3) is 0.778. The molecule has 1 N–H and O–H groups in total. The number of hydrogen-bond acceptors (Lipinski definition) is 6. The molecule has 1 aromatic rings. The molecular weight excluding hydrogens is 198 g/mol. The Morgan fingerprint density at radius 3 is 3.00 bits per heavy atom. The molecule has 6 heteroatoms. The smallest absolute Gasteiger partial charge is 0.213 e. The summed E-state index contributed by atoms with van der Waals surface area (Å²) in [5.41, 5.74) is 0. The van der Waals surface area contributed by atoms with E-state index in [4.69, 9.17) is 9.47 Å². The molecule has 0 unspecified atom stereocenters. The fourth-order valence-corrected chi connectivity index (χ4v) is 1.02. The Hall–Kier alpha value is -0.980. The second-order valence-electron chi connectivity index (χ2n) is 2.95. The molecule has 1 heterocycles.